The van der Waals surface area contributed by atoms with E-state index in [-0.39, 0.29) is 19.2 Å². The summed E-state index contributed by atoms with van der Waals surface area (Å²) in [6, 6.07) is 18.9. The molecule has 1 saturated carbocycles. The third-order valence-electron chi connectivity index (χ3n) is 6.61. The monoisotopic (exact) mass is 473 g/mol. The lowest BCUT2D eigenvalue weighted by molar-refractivity contribution is -0.119. The van der Waals surface area contributed by atoms with Crippen LogP contribution in [0.1, 0.15) is 35.8 Å². The number of aryl methyl sites for hydroxylation is 1. The van der Waals surface area contributed by atoms with Crippen molar-refractivity contribution in [3.05, 3.63) is 77.4 Å². The highest BCUT2D eigenvalue weighted by Gasteiger charge is 2.51. The van der Waals surface area contributed by atoms with Crippen LogP contribution in [0, 0.1) is 6.92 Å². The molecule has 1 fully saturated rings. The second kappa shape index (κ2) is 9.05. The summed E-state index contributed by atoms with van der Waals surface area (Å²) in [5.41, 5.74) is 9.81. The summed E-state index contributed by atoms with van der Waals surface area (Å²) in [4.78, 5) is 24.2. The van der Waals surface area contributed by atoms with Crippen molar-refractivity contribution < 1.29 is 24.2 Å². The molecule has 5 rings (SSSR count). The second-order valence-electron chi connectivity index (χ2n) is 9.01. The molecule has 0 spiro atoms. The molecule has 8 heteroatoms. The Morgan fingerprint density at radius 3 is 2.49 bits per heavy atom. The number of anilines is 1. The largest absolute Gasteiger partial charge is 0.454 e. The highest BCUT2D eigenvalue weighted by molar-refractivity contribution is 6.02. The van der Waals surface area contributed by atoms with Gasteiger partial charge in [-0.25, -0.2) is 0 Å². The maximum absolute atomic E-state index is 13.3. The molecule has 2 amide bonds. The maximum Gasteiger partial charge on any atom is 0.235 e. The Morgan fingerprint density at radius 2 is 1.77 bits per heavy atom. The highest BCUT2D eigenvalue weighted by Crippen LogP contribution is 2.51. The fourth-order valence-corrected chi connectivity index (χ4v) is 4.39. The number of amides is 2. The number of carbonyl (C=O) groups is 2. The smallest absolute Gasteiger partial charge is 0.235 e. The number of carbonyl (C=O) groups excluding carboxylic acids is 2. The van der Waals surface area contributed by atoms with E-state index in [1.807, 2.05) is 55.5 Å². The molecule has 1 unspecified atom stereocenters. The van der Waals surface area contributed by atoms with E-state index in [0.717, 1.165) is 40.8 Å². The van der Waals surface area contributed by atoms with Crippen LogP contribution in [0.3, 0.4) is 0 Å². The molecule has 0 bridgehead atoms. The van der Waals surface area contributed by atoms with Crippen LogP contribution in [0.15, 0.2) is 60.7 Å². The standard InChI is InChI=1S/C27H27N3O5/c1-16-2-8-20(13-21(16)17-3-5-18(6-4-17)25(32)29-14-24(28)31)30-26(33)27(10-11-27)19-7-9-22-23(12-19)35-15-34-22/h2-9,12-13,25,29,32H,10-11,14-15H2,1H3,(H2,28,31)(H,30,33). The van der Waals surface area contributed by atoms with E-state index in [1.54, 1.807) is 12.1 Å². The minimum Gasteiger partial charge on any atom is -0.454 e. The summed E-state index contributed by atoms with van der Waals surface area (Å²) in [7, 11) is 0. The topological polar surface area (TPSA) is 123 Å². The number of rotatable bonds is 8. The lowest BCUT2D eigenvalue weighted by Gasteiger charge is -2.18. The van der Waals surface area contributed by atoms with Gasteiger partial charge in [-0.05, 0) is 71.8 Å². The fourth-order valence-electron chi connectivity index (χ4n) is 4.39. The average Bonchev–Trinajstić information content (AvgIpc) is 3.54. The first-order chi connectivity index (χ1) is 16.9. The van der Waals surface area contributed by atoms with Gasteiger partial charge in [0.25, 0.3) is 0 Å². The Hall–Kier alpha value is -3.88. The number of aliphatic hydroxyl groups excluding tert-OH is 1. The lowest BCUT2D eigenvalue weighted by Crippen LogP contribution is -2.31. The number of ether oxygens (including phenoxy) is 2. The lowest BCUT2D eigenvalue weighted by atomic mass is 9.94. The Bertz CT molecular complexity index is 1280. The number of nitrogens with two attached hydrogens (primary N) is 1. The molecule has 1 heterocycles. The first-order valence-corrected chi connectivity index (χ1v) is 11.5. The van der Waals surface area contributed by atoms with E-state index in [1.165, 1.54) is 0 Å². The van der Waals surface area contributed by atoms with Crippen molar-refractivity contribution in [2.45, 2.75) is 31.4 Å². The third kappa shape index (κ3) is 4.58. The zero-order valence-electron chi connectivity index (χ0n) is 19.3. The number of hydrogen-bond donors (Lipinski definition) is 4. The summed E-state index contributed by atoms with van der Waals surface area (Å²) in [5, 5.41) is 15.9. The van der Waals surface area contributed by atoms with Gasteiger partial charge in [0.15, 0.2) is 11.5 Å². The van der Waals surface area contributed by atoms with Gasteiger partial charge in [0.2, 0.25) is 18.6 Å². The Labute approximate surface area is 203 Å². The van der Waals surface area contributed by atoms with E-state index >= 15 is 0 Å². The molecule has 1 aliphatic heterocycles. The van der Waals surface area contributed by atoms with E-state index < -0.39 is 17.6 Å². The van der Waals surface area contributed by atoms with Crippen LogP contribution in [0.4, 0.5) is 5.69 Å². The first-order valence-electron chi connectivity index (χ1n) is 11.5. The summed E-state index contributed by atoms with van der Waals surface area (Å²) in [6.45, 7) is 2.10. The van der Waals surface area contributed by atoms with Gasteiger partial charge in [-0.3, -0.25) is 14.9 Å². The molecule has 0 radical (unpaired) electrons. The molecule has 0 saturated heterocycles. The van der Waals surface area contributed by atoms with Crippen LogP contribution < -0.4 is 25.8 Å². The predicted octanol–water partition coefficient (Wildman–Crippen LogP) is 3.13. The van der Waals surface area contributed by atoms with Crippen LogP contribution in [0.25, 0.3) is 11.1 Å². The molecule has 3 aromatic rings. The number of fused-ring (bicyclic) bond motifs is 1. The van der Waals surface area contributed by atoms with Crippen molar-refractivity contribution in [2.24, 2.45) is 5.73 Å². The number of benzene rings is 3. The van der Waals surface area contributed by atoms with Gasteiger partial charge < -0.3 is 25.6 Å². The zero-order valence-corrected chi connectivity index (χ0v) is 19.3. The number of hydrogen-bond acceptors (Lipinski definition) is 6. The SMILES string of the molecule is Cc1ccc(NC(=O)C2(c3ccc4c(c3)OCO4)CC2)cc1-c1ccc(C(O)NCC(N)=O)cc1. The number of nitrogens with one attached hydrogen (secondary N) is 2. The van der Waals surface area contributed by atoms with Gasteiger partial charge in [-0.2, -0.15) is 0 Å². The molecule has 180 valence electrons. The van der Waals surface area contributed by atoms with Crippen molar-refractivity contribution in [3.8, 4) is 22.6 Å². The minimum absolute atomic E-state index is 0.0369. The quantitative estimate of drug-likeness (QED) is 0.373. The third-order valence-corrected chi connectivity index (χ3v) is 6.61. The van der Waals surface area contributed by atoms with Gasteiger partial charge in [-0.1, -0.05) is 36.4 Å². The van der Waals surface area contributed by atoms with Gasteiger partial charge in [0, 0.05) is 5.69 Å². The number of primary amides is 1. The maximum atomic E-state index is 13.3. The number of aliphatic hydroxyl groups is 1. The molecule has 8 nitrogen and oxygen atoms in total. The normalized spacial score (nSPS) is 15.9. The zero-order chi connectivity index (χ0) is 24.6. The Kier molecular flexibility index (Phi) is 5.92. The fraction of sp³-hybridized carbons (Fsp3) is 0.259. The van der Waals surface area contributed by atoms with E-state index in [2.05, 4.69) is 10.6 Å². The van der Waals surface area contributed by atoms with Crippen molar-refractivity contribution in [2.75, 3.05) is 18.7 Å². The van der Waals surface area contributed by atoms with Gasteiger partial charge in [0.1, 0.15) is 6.23 Å². The molecule has 0 aromatic heterocycles. The van der Waals surface area contributed by atoms with E-state index in [9.17, 15) is 14.7 Å². The molecular formula is C27H27N3O5. The van der Waals surface area contributed by atoms with Crippen molar-refractivity contribution in [1.82, 2.24) is 5.32 Å². The highest BCUT2D eigenvalue weighted by atomic mass is 16.7. The first kappa shape index (κ1) is 22.9. The van der Waals surface area contributed by atoms with E-state index in [4.69, 9.17) is 15.2 Å². The van der Waals surface area contributed by atoms with Crippen LogP contribution in [-0.4, -0.2) is 30.3 Å². The molecule has 5 N–H and O–H groups in total. The molecule has 1 atom stereocenters. The van der Waals surface area contributed by atoms with Crippen LogP contribution >= 0.6 is 0 Å². The van der Waals surface area contributed by atoms with Crippen molar-refractivity contribution >= 4 is 17.5 Å². The second-order valence-corrected chi connectivity index (χ2v) is 9.01. The Balaban J connectivity index is 1.32. The van der Waals surface area contributed by atoms with Crippen LogP contribution in [0.2, 0.25) is 0 Å². The van der Waals surface area contributed by atoms with Gasteiger partial charge >= 0.3 is 0 Å². The predicted molar refractivity (Wildman–Crippen MR) is 131 cm³/mol. The molecular weight excluding hydrogens is 446 g/mol. The summed E-state index contributed by atoms with van der Waals surface area (Å²) in [5.74, 6) is 0.805. The molecule has 1 aliphatic carbocycles. The summed E-state index contributed by atoms with van der Waals surface area (Å²) < 4.78 is 10.9. The minimum atomic E-state index is -0.991. The van der Waals surface area contributed by atoms with Crippen molar-refractivity contribution in [3.63, 3.8) is 0 Å². The van der Waals surface area contributed by atoms with Crippen LogP contribution in [-0.2, 0) is 15.0 Å². The van der Waals surface area contributed by atoms with Gasteiger partial charge in [0.05, 0.1) is 12.0 Å². The average molecular weight is 474 g/mol. The molecule has 3 aromatic carbocycles. The van der Waals surface area contributed by atoms with E-state index in [0.29, 0.717) is 17.1 Å². The Morgan fingerprint density at radius 1 is 1.03 bits per heavy atom. The molecule has 2 aliphatic rings. The molecule has 35 heavy (non-hydrogen) atoms. The van der Waals surface area contributed by atoms with Crippen LogP contribution in [0.5, 0.6) is 11.5 Å². The summed E-state index contributed by atoms with van der Waals surface area (Å²) >= 11 is 0. The van der Waals surface area contributed by atoms with Gasteiger partial charge in [-0.15, -0.1) is 0 Å². The summed E-state index contributed by atoms with van der Waals surface area (Å²) in [6.07, 6.45) is 0.574. The van der Waals surface area contributed by atoms with Crippen molar-refractivity contribution in [1.29, 1.82) is 0 Å².